The number of aliphatic hydroxyl groups is 1. The van der Waals surface area contributed by atoms with Crippen molar-refractivity contribution in [3.63, 3.8) is 0 Å². The van der Waals surface area contributed by atoms with E-state index in [0.717, 1.165) is 19.3 Å². The highest BCUT2D eigenvalue weighted by molar-refractivity contribution is 4.67. The van der Waals surface area contributed by atoms with Crippen molar-refractivity contribution < 1.29 is 5.11 Å². The number of nitrogens with one attached hydrogen (secondary N) is 1. The SMILES string of the molecule is CCCCC(O)C(C)NC. The van der Waals surface area contributed by atoms with Gasteiger partial charge in [0.1, 0.15) is 0 Å². The summed E-state index contributed by atoms with van der Waals surface area (Å²) in [6, 6.07) is 0.228. The first-order valence-corrected chi connectivity index (χ1v) is 4.07. The lowest BCUT2D eigenvalue weighted by molar-refractivity contribution is 0.126. The number of unbranched alkanes of at least 4 members (excludes halogenated alkanes) is 1. The Labute approximate surface area is 63.6 Å². The molecule has 0 spiro atoms. The van der Waals surface area contributed by atoms with Crippen LogP contribution in [0, 0.1) is 0 Å². The maximum Gasteiger partial charge on any atom is 0.0690 e. The summed E-state index contributed by atoms with van der Waals surface area (Å²) in [5.74, 6) is 0. The second kappa shape index (κ2) is 5.69. The normalized spacial score (nSPS) is 16.8. The summed E-state index contributed by atoms with van der Waals surface area (Å²) in [5, 5.41) is 12.4. The third kappa shape index (κ3) is 3.85. The number of aliphatic hydroxyl groups excluding tert-OH is 1. The molecule has 2 nitrogen and oxygen atoms in total. The van der Waals surface area contributed by atoms with Crippen molar-refractivity contribution in [2.45, 2.75) is 45.3 Å². The van der Waals surface area contributed by atoms with E-state index in [0.29, 0.717) is 0 Å². The van der Waals surface area contributed by atoms with Crippen molar-refractivity contribution in [1.29, 1.82) is 0 Å². The minimum atomic E-state index is -0.176. The van der Waals surface area contributed by atoms with Gasteiger partial charge in [0.25, 0.3) is 0 Å². The average molecular weight is 145 g/mol. The van der Waals surface area contributed by atoms with E-state index in [1.54, 1.807) is 0 Å². The first-order chi connectivity index (χ1) is 4.72. The Morgan fingerprint density at radius 1 is 1.50 bits per heavy atom. The lowest BCUT2D eigenvalue weighted by Crippen LogP contribution is -2.34. The Bertz CT molecular complexity index is 75.7. The van der Waals surface area contributed by atoms with Gasteiger partial charge >= 0.3 is 0 Å². The van der Waals surface area contributed by atoms with Gasteiger partial charge in [-0.15, -0.1) is 0 Å². The molecule has 0 aliphatic carbocycles. The van der Waals surface area contributed by atoms with Crippen LogP contribution < -0.4 is 5.32 Å². The van der Waals surface area contributed by atoms with Gasteiger partial charge in [0.2, 0.25) is 0 Å². The molecule has 0 aromatic carbocycles. The van der Waals surface area contributed by atoms with E-state index in [-0.39, 0.29) is 12.1 Å². The minimum absolute atomic E-state index is 0.176. The van der Waals surface area contributed by atoms with E-state index in [1.165, 1.54) is 0 Å². The van der Waals surface area contributed by atoms with E-state index in [1.807, 2.05) is 14.0 Å². The molecule has 0 bridgehead atoms. The summed E-state index contributed by atoms with van der Waals surface area (Å²) in [7, 11) is 1.87. The van der Waals surface area contributed by atoms with E-state index in [2.05, 4.69) is 12.2 Å². The van der Waals surface area contributed by atoms with E-state index in [9.17, 15) is 5.11 Å². The molecule has 62 valence electrons. The third-order valence-corrected chi connectivity index (χ3v) is 1.89. The Morgan fingerprint density at radius 3 is 2.50 bits per heavy atom. The van der Waals surface area contributed by atoms with Crippen LogP contribution in [-0.4, -0.2) is 24.3 Å². The first-order valence-electron chi connectivity index (χ1n) is 4.07. The van der Waals surface area contributed by atoms with Gasteiger partial charge in [-0.1, -0.05) is 19.8 Å². The van der Waals surface area contributed by atoms with Crippen LogP contribution in [0.3, 0.4) is 0 Å². The predicted molar refractivity (Wildman–Crippen MR) is 44.1 cm³/mol. The first kappa shape index (κ1) is 9.92. The summed E-state index contributed by atoms with van der Waals surface area (Å²) in [4.78, 5) is 0. The van der Waals surface area contributed by atoms with Gasteiger partial charge in [-0.3, -0.25) is 0 Å². The summed E-state index contributed by atoms with van der Waals surface area (Å²) < 4.78 is 0. The van der Waals surface area contributed by atoms with Gasteiger partial charge in [-0.25, -0.2) is 0 Å². The summed E-state index contributed by atoms with van der Waals surface area (Å²) in [6.07, 6.45) is 3.02. The van der Waals surface area contributed by atoms with Gasteiger partial charge in [0.15, 0.2) is 0 Å². The molecule has 10 heavy (non-hydrogen) atoms. The molecule has 0 amide bonds. The Hall–Kier alpha value is -0.0800. The Balaban J connectivity index is 3.31. The molecule has 0 fully saturated rings. The second-order valence-corrected chi connectivity index (χ2v) is 2.79. The van der Waals surface area contributed by atoms with E-state index >= 15 is 0 Å². The molecule has 2 atom stereocenters. The molecule has 0 saturated heterocycles. The topological polar surface area (TPSA) is 32.3 Å². The van der Waals surface area contributed by atoms with Crippen molar-refractivity contribution >= 4 is 0 Å². The molecule has 0 aromatic rings. The zero-order valence-corrected chi connectivity index (χ0v) is 7.22. The highest BCUT2D eigenvalue weighted by Gasteiger charge is 2.09. The molecule has 2 N–H and O–H groups in total. The van der Waals surface area contributed by atoms with Gasteiger partial charge in [-0.05, 0) is 20.4 Å². The zero-order chi connectivity index (χ0) is 7.98. The molecule has 2 unspecified atom stereocenters. The zero-order valence-electron chi connectivity index (χ0n) is 7.22. The largest absolute Gasteiger partial charge is 0.392 e. The third-order valence-electron chi connectivity index (χ3n) is 1.89. The van der Waals surface area contributed by atoms with Crippen LogP contribution >= 0.6 is 0 Å². The standard InChI is InChI=1S/C8H19NO/c1-4-5-6-8(10)7(2)9-3/h7-10H,4-6H2,1-3H3. The van der Waals surface area contributed by atoms with Gasteiger partial charge in [-0.2, -0.15) is 0 Å². The molecule has 0 aliphatic heterocycles. The van der Waals surface area contributed by atoms with E-state index < -0.39 is 0 Å². The molecule has 0 radical (unpaired) electrons. The van der Waals surface area contributed by atoms with E-state index in [4.69, 9.17) is 0 Å². The highest BCUT2D eigenvalue weighted by Crippen LogP contribution is 2.03. The monoisotopic (exact) mass is 145 g/mol. The van der Waals surface area contributed by atoms with Crippen LogP contribution in [-0.2, 0) is 0 Å². The summed E-state index contributed by atoms with van der Waals surface area (Å²) in [6.45, 7) is 4.14. The number of rotatable bonds is 5. The van der Waals surface area contributed by atoms with Crippen molar-refractivity contribution in [3.8, 4) is 0 Å². The average Bonchev–Trinajstić information content (AvgIpc) is 1.98. The van der Waals surface area contributed by atoms with Crippen LogP contribution in [0.25, 0.3) is 0 Å². The fraction of sp³-hybridized carbons (Fsp3) is 1.00. The second-order valence-electron chi connectivity index (χ2n) is 2.79. The van der Waals surface area contributed by atoms with Crippen LogP contribution in [0.1, 0.15) is 33.1 Å². The molecule has 2 heteroatoms. The maximum atomic E-state index is 9.39. The maximum absolute atomic E-state index is 9.39. The summed E-state index contributed by atoms with van der Waals surface area (Å²) >= 11 is 0. The van der Waals surface area contributed by atoms with Crippen molar-refractivity contribution in [1.82, 2.24) is 5.32 Å². The fourth-order valence-electron chi connectivity index (χ4n) is 0.856. The van der Waals surface area contributed by atoms with Crippen LogP contribution in [0.15, 0.2) is 0 Å². The van der Waals surface area contributed by atoms with Gasteiger partial charge < -0.3 is 10.4 Å². The van der Waals surface area contributed by atoms with Crippen molar-refractivity contribution in [2.24, 2.45) is 0 Å². The number of hydrogen-bond donors (Lipinski definition) is 2. The van der Waals surface area contributed by atoms with Crippen molar-refractivity contribution in [3.05, 3.63) is 0 Å². The Kier molecular flexibility index (Phi) is 5.64. The highest BCUT2D eigenvalue weighted by atomic mass is 16.3. The van der Waals surface area contributed by atoms with Crippen LogP contribution in [0.2, 0.25) is 0 Å². The molecule has 0 rings (SSSR count). The van der Waals surface area contributed by atoms with Gasteiger partial charge in [0.05, 0.1) is 6.10 Å². The van der Waals surface area contributed by atoms with Crippen molar-refractivity contribution in [2.75, 3.05) is 7.05 Å². The number of hydrogen-bond acceptors (Lipinski definition) is 2. The molecule has 0 aliphatic rings. The van der Waals surface area contributed by atoms with Crippen LogP contribution in [0.5, 0.6) is 0 Å². The quantitative estimate of drug-likeness (QED) is 0.608. The minimum Gasteiger partial charge on any atom is -0.392 e. The molecule has 0 heterocycles. The molecular formula is C8H19NO. The lowest BCUT2D eigenvalue weighted by Gasteiger charge is -2.17. The fourth-order valence-corrected chi connectivity index (χ4v) is 0.856. The Morgan fingerprint density at radius 2 is 2.10 bits per heavy atom. The predicted octanol–water partition coefficient (Wildman–Crippen LogP) is 1.15. The van der Waals surface area contributed by atoms with Gasteiger partial charge in [0, 0.05) is 6.04 Å². The smallest absolute Gasteiger partial charge is 0.0690 e. The van der Waals surface area contributed by atoms with Crippen LogP contribution in [0.4, 0.5) is 0 Å². The summed E-state index contributed by atoms with van der Waals surface area (Å²) in [5.41, 5.74) is 0. The molecule has 0 saturated carbocycles. The lowest BCUT2D eigenvalue weighted by atomic mass is 10.1. The number of likely N-dealkylation sites (N-methyl/N-ethyl adjacent to an activating group) is 1. The molecule has 0 aromatic heterocycles. The molecular weight excluding hydrogens is 126 g/mol.